The van der Waals surface area contributed by atoms with Crippen LogP contribution < -0.4 is 5.69 Å². The van der Waals surface area contributed by atoms with Gasteiger partial charge < -0.3 is 4.90 Å². The number of aromatic nitrogens is 4. The Morgan fingerprint density at radius 1 is 1.22 bits per heavy atom. The van der Waals surface area contributed by atoms with E-state index in [1.807, 2.05) is 23.2 Å². The normalized spacial score (nSPS) is 22.0. The molecule has 5 rings (SSSR count). The Labute approximate surface area is 157 Å². The second kappa shape index (κ2) is 6.32. The van der Waals surface area contributed by atoms with E-state index in [1.54, 1.807) is 10.9 Å². The van der Waals surface area contributed by atoms with E-state index in [2.05, 4.69) is 15.1 Å². The molecule has 7 nitrogen and oxygen atoms in total. The van der Waals surface area contributed by atoms with Crippen molar-refractivity contribution in [3.63, 3.8) is 0 Å². The molecule has 0 atom stereocenters. The van der Waals surface area contributed by atoms with Crippen molar-refractivity contribution in [2.24, 2.45) is 5.41 Å². The van der Waals surface area contributed by atoms with Crippen molar-refractivity contribution in [2.75, 3.05) is 13.1 Å². The van der Waals surface area contributed by atoms with E-state index in [4.69, 9.17) is 0 Å². The lowest BCUT2D eigenvalue weighted by molar-refractivity contribution is -0.138. The van der Waals surface area contributed by atoms with Crippen LogP contribution in [0.4, 0.5) is 0 Å². The first-order valence-electron chi connectivity index (χ1n) is 10.0. The SMILES string of the molecule is O=C(N1CCC(n2nc(C3CC3)[nH]c2=O)CC1)C1(Cc2cccnc2)CC1. The van der Waals surface area contributed by atoms with Gasteiger partial charge in [-0.2, -0.15) is 5.10 Å². The highest BCUT2D eigenvalue weighted by molar-refractivity contribution is 5.85. The molecule has 0 spiro atoms. The number of nitrogens with zero attached hydrogens (tertiary/aromatic N) is 4. The van der Waals surface area contributed by atoms with Crippen molar-refractivity contribution in [1.82, 2.24) is 24.6 Å². The zero-order chi connectivity index (χ0) is 18.4. The van der Waals surface area contributed by atoms with E-state index < -0.39 is 0 Å². The van der Waals surface area contributed by atoms with Crippen LogP contribution in [0.25, 0.3) is 0 Å². The predicted molar refractivity (Wildman–Crippen MR) is 99.3 cm³/mol. The molecular weight excluding hydrogens is 342 g/mol. The standard InChI is InChI=1S/C20H25N5O2/c26-18(20(7-8-20)12-14-2-1-9-21-13-14)24-10-5-16(6-11-24)25-19(27)22-17(23-25)15-3-4-15/h1-2,9,13,15-16H,3-8,10-12H2,(H,22,23,27). The zero-order valence-corrected chi connectivity index (χ0v) is 15.4. The first-order valence-corrected chi connectivity index (χ1v) is 10.0. The molecule has 3 fully saturated rings. The Morgan fingerprint density at radius 3 is 2.63 bits per heavy atom. The summed E-state index contributed by atoms with van der Waals surface area (Å²) in [5, 5.41) is 4.52. The lowest BCUT2D eigenvalue weighted by Gasteiger charge is -2.34. The van der Waals surface area contributed by atoms with Gasteiger partial charge in [0.25, 0.3) is 0 Å². The second-order valence-electron chi connectivity index (χ2n) is 8.38. The minimum Gasteiger partial charge on any atom is -0.342 e. The van der Waals surface area contributed by atoms with E-state index in [1.165, 1.54) is 0 Å². The minimum atomic E-state index is -0.224. The second-order valence-corrected chi connectivity index (χ2v) is 8.38. The summed E-state index contributed by atoms with van der Waals surface area (Å²) < 4.78 is 1.62. The number of H-pyrrole nitrogens is 1. The van der Waals surface area contributed by atoms with E-state index in [0.29, 0.717) is 19.0 Å². The van der Waals surface area contributed by atoms with Crippen LogP contribution in [-0.2, 0) is 11.2 Å². The monoisotopic (exact) mass is 367 g/mol. The molecule has 2 aromatic heterocycles. The molecule has 3 heterocycles. The van der Waals surface area contributed by atoms with Crippen LogP contribution in [0.5, 0.6) is 0 Å². The van der Waals surface area contributed by atoms with E-state index in [9.17, 15) is 9.59 Å². The Hall–Kier alpha value is -2.44. The number of nitrogens with one attached hydrogen (secondary N) is 1. The number of rotatable bonds is 5. The van der Waals surface area contributed by atoms with E-state index in [0.717, 1.165) is 56.3 Å². The van der Waals surface area contributed by atoms with Crippen LogP contribution >= 0.6 is 0 Å². The summed E-state index contributed by atoms with van der Waals surface area (Å²) >= 11 is 0. The average molecular weight is 367 g/mol. The first-order chi connectivity index (χ1) is 13.1. The molecule has 1 N–H and O–H groups in total. The third-order valence-corrected chi connectivity index (χ3v) is 6.29. The van der Waals surface area contributed by atoms with Crippen molar-refractivity contribution in [3.8, 4) is 0 Å². The summed E-state index contributed by atoms with van der Waals surface area (Å²) in [6, 6.07) is 4.08. The number of amides is 1. The summed E-state index contributed by atoms with van der Waals surface area (Å²) in [5.41, 5.74) is 0.809. The lowest BCUT2D eigenvalue weighted by atomic mass is 9.94. The fraction of sp³-hybridized carbons (Fsp3) is 0.600. The van der Waals surface area contributed by atoms with Crippen LogP contribution in [-0.4, -0.2) is 43.6 Å². The van der Waals surface area contributed by atoms with E-state index in [-0.39, 0.29) is 23.1 Å². The molecule has 1 aliphatic heterocycles. The van der Waals surface area contributed by atoms with Crippen LogP contribution in [0.2, 0.25) is 0 Å². The van der Waals surface area contributed by atoms with Gasteiger partial charge in [0.2, 0.25) is 5.91 Å². The van der Waals surface area contributed by atoms with Crippen LogP contribution in [0.1, 0.15) is 61.9 Å². The largest absolute Gasteiger partial charge is 0.343 e. The van der Waals surface area contributed by atoms with Crippen LogP contribution in [0, 0.1) is 5.41 Å². The number of hydrogen-bond donors (Lipinski definition) is 1. The molecule has 27 heavy (non-hydrogen) atoms. The minimum absolute atomic E-state index is 0.0961. The lowest BCUT2D eigenvalue weighted by Crippen LogP contribution is -2.44. The summed E-state index contributed by atoms with van der Waals surface area (Å²) in [6.07, 6.45) is 10.2. The first kappa shape index (κ1) is 16.7. The molecule has 7 heteroatoms. The fourth-order valence-electron chi connectivity index (χ4n) is 4.30. The zero-order valence-electron chi connectivity index (χ0n) is 15.4. The molecule has 142 valence electrons. The quantitative estimate of drug-likeness (QED) is 0.876. The molecule has 2 aliphatic carbocycles. The van der Waals surface area contributed by atoms with Gasteiger partial charge >= 0.3 is 5.69 Å². The molecular formula is C20H25N5O2. The van der Waals surface area contributed by atoms with Crippen molar-refractivity contribution in [1.29, 1.82) is 0 Å². The van der Waals surface area contributed by atoms with Gasteiger partial charge in [0.15, 0.2) is 0 Å². The molecule has 1 saturated heterocycles. The third kappa shape index (κ3) is 3.19. The number of piperidine rings is 1. The van der Waals surface area contributed by atoms with Crippen molar-refractivity contribution >= 4 is 5.91 Å². The number of carbonyl (C=O) groups excluding carboxylic acids is 1. The highest BCUT2D eigenvalue weighted by Crippen LogP contribution is 2.50. The summed E-state index contributed by atoms with van der Waals surface area (Å²) in [4.78, 5) is 34.4. The number of carbonyl (C=O) groups is 1. The predicted octanol–water partition coefficient (Wildman–Crippen LogP) is 2.03. The van der Waals surface area contributed by atoms with Gasteiger partial charge in [0.05, 0.1) is 11.5 Å². The Kier molecular flexibility index (Phi) is 3.91. The Morgan fingerprint density at radius 2 is 2.00 bits per heavy atom. The van der Waals surface area contributed by atoms with Crippen molar-refractivity contribution in [3.05, 3.63) is 46.4 Å². The van der Waals surface area contributed by atoms with Gasteiger partial charge in [0.1, 0.15) is 5.82 Å². The van der Waals surface area contributed by atoms with Gasteiger partial charge in [-0.15, -0.1) is 0 Å². The van der Waals surface area contributed by atoms with Crippen molar-refractivity contribution < 1.29 is 4.79 Å². The highest BCUT2D eigenvalue weighted by Gasteiger charge is 2.51. The maximum atomic E-state index is 13.1. The maximum absolute atomic E-state index is 13.1. The third-order valence-electron chi connectivity index (χ3n) is 6.29. The van der Waals surface area contributed by atoms with Crippen molar-refractivity contribution in [2.45, 2.75) is 56.9 Å². The number of likely N-dealkylation sites (tertiary alicyclic amines) is 1. The van der Waals surface area contributed by atoms with Gasteiger partial charge in [-0.25, -0.2) is 9.48 Å². The fourth-order valence-corrected chi connectivity index (χ4v) is 4.30. The van der Waals surface area contributed by atoms with Crippen LogP contribution in [0.3, 0.4) is 0 Å². The number of hydrogen-bond acceptors (Lipinski definition) is 4. The van der Waals surface area contributed by atoms with E-state index >= 15 is 0 Å². The molecule has 0 radical (unpaired) electrons. The highest BCUT2D eigenvalue weighted by atomic mass is 16.2. The molecule has 2 aromatic rings. The van der Waals surface area contributed by atoms with Gasteiger partial charge in [-0.1, -0.05) is 6.07 Å². The number of aromatic amines is 1. The molecule has 2 saturated carbocycles. The maximum Gasteiger partial charge on any atom is 0.343 e. The molecule has 3 aliphatic rings. The Balaban J connectivity index is 1.23. The summed E-state index contributed by atoms with van der Waals surface area (Å²) in [5.74, 6) is 1.56. The molecule has 1 amide bonds. The molecule has 0 unspecified atom stereocenters. The topological polar surface area (TPSA) is 83.9 Å². The van der Waals surface area contributed by atoms with Gasteiger partial charge in [0, 0.05) is 31.4 Å². The number of pyridine rings is 1. The summed E-state index contributed by atoms with van der Waals surface area (Å²) in [6.45, 7) is 1.41. The smallest absolute Gasteiger partial charge is 0.342 e. The van der Waals surface area contributed by atoms with Gasteiger partial charge in [-0.05, 0) is 56.6 Å². The van der Waals surface area contributed by atoms with Gasteiger partial charge in [-0.3, -0.25) is 14.8 Å². The Bertz CT molecular complexity index is 887. The average Bonchev–Trinajstić information content (AvgIpc) is 3.62. The summed E-state index contributed by atoms with van der Waals surface area (Å²) in [7, 11) is 0. The molecule has 0 bridgehead atoms. The van der Waals surface area contributed by atoms with Crippen LogP contribution in [0.15, 0.2) is 29.3 Å². The molecule has 0 aromatic carbocycles.